The molecule has 0 radical (unpaired) electrons. The minimum atomic E-state index is -4.41. The maximum atomic E-state index is 12.9. The van der Waals surface area contributed by atoms with Crippen LogP contribution in [0.25, 0.3) is 0 Å². The molecule has 92 heavy (non-hydrogen) atoms. The SMILES string of the molecule is CC/C=C\C/C=C\C/C=C\C/C=C\C/C=C\C/C=C\C/C=C\C/C=C\CCCCCCCCC(=O)OC(COC(=O)CCCCCCCCCCCCCCCCCCCCCCCCCC/C=C\C/C=C\C/C=C\C/C=C\CC)COP(=O)(O)OCC[N+](C)(C)C. The first-order valence-corrected chi connectivity index (χ1v) is 39.1. The normalized spacial score (nSPS) is 13.9. The molecule has 0 rings (SSSR count). The Hall–Kier alpha value is -4.11. The van der Waals surface area contributed by atoms with Gasteiger partial charge in [-0.3, -0.25) is 18.6 Å². The Bertz CT molecular complexity index is 2070. The van der Waals surface area contributed by atoms with Gasteiger partial charge >= 0.3 is 19.8 Å². The first-order valence-electron chi connectivity index (χ1n) is 37.6. The molecular formula is C82H141NO8P+. The molecule has 2 unspecified atom stereocenters. The van der Waals surface area contributed by atoms with Crippen LogP contribution in [0.5, 0.6) is 0 Å². The Labute approximate surface area is 567 Å². The molecule has 0 aliphatic carbocycles. The highest BCUT2D eigenvalue weighted by Crippen LogP contribution is 2.43. The Kier molecular flexibility index (Phi) is 68.0. The van der Waals surface area contributed by atoms with Gasteiger partial charge < -0.3 is 18.9 Å². The highest BCUT2D eigenvalue weighted by atomic mass is 31.2. The lowest BCUT2D eigenvalue weighted by Gasteiger charge is -2.24. The minimum absolute atomic E-state index is 0.0230. The summed E-state index contributed by atoms with van der Waals surface area (Å²) in [5.41, 5.74) is 0. The summed E-state index contributed by atoms with van der Waals surface area (Å²) in [5.74, 6) is -0.812. The predicted molar refractivity (Wildman–Crippen MR) is 399 cm³/mol. The largest absolute Gasteiger partial charge is 0.472 e. The molecule has 2 atom stereocenters. The highest BCUT2D eigenvalue weighted by Gasteiger charge is 2.27. The molecule has 0 aromatic rings. The van der Waals surface area contributed by atoms with E-state index in [0.717, 1.165) is 135 Å². The van der Waals surface area contributed by atoms with Crippen molar-refractivity contribution in [2.75, 3.05) is 47.5 Å². The van der Waals surface area contributed by atoms with E-state index in [0.29, 0.717) is 17.4 Å². The van der Waals surface area contributed by atoms with Crippen molar-refractivity contribution in [1.29, 1.82) is 0 Å². The molecule has 0 aromatic carbocycles. The molecule has 0 fully saturated rings. The molecule has 10 heteroatoms. The number of rotatable bonds is 68. The summed E-state index contributed by atoms with van der Waals surface area (Å²) in [6, 6.07) is 0. The van der Waals surface area contributed by atoms with E-state index < -0.39 is 26.5 Å². The Morgan fingerprint density at radius 1 is 0.337 bits per heavy atom. The fraction of sp³-hybridized carbons (Fsp3) is 0.683. The molecule has 0 aliphatic heterocycles. The Morgan fingerprint density at radius 2 is 0.587 bits per heavy atom. The number of hydrogen-bond acceptors (Lipinski definition) is 7. The lowest BCUT2D eigenvalue weighted by atomic mass is 10.0. The van der Waals surface area contributed by atoms with Gasteiger partial charge in [0, 0.05) is 12.8 Å². The molecule has 1 N–H and O–H groups in total. The van der Waals surface area contributed by atoms with Crippen LogP contribution in [0.1, 0.15) is 309 Å². The second-order valence-corrected chi connectivity index (χ2v) is 27.4. The van der Waals surface area contributed by atoms with Gasteiger partial charge in [0.15, 0.2) is 6.10 Å². The molecule has 9 nitrogen and oxygen atoms in total. The van der Waals surface area contributed by atoms with Crippen LogP contribution in [-0.4, -0.2) is 74.9 Å². The Morgan fingerprint density at radius 3 is 0.870 bits per heavy atom. The van der Waals surface area contributed by atoms with Crippen LogP contribution in [0.2, 0.25) is 0 Å². The van der Waals surface area contributed by atoms with Crippen LogP contribution in [0.3, 0.4) is 0 Å². The number of hydrogen-bond donors (Lipinski definition) is 1. The lowest BCUT2D eigenvalue weighted by Crippen LogP contribution is -2.37. The number of esters is 2. The summed E-state index contributed by atoms with van der Waals surface area (Å²) in [4.78, 5) is 35.9. The van der Waals surface area contributed by atoms with E-state index >= 15 is 0 Å². The van der Waals surface area contributed by atoms with Crippen LogP contribution >= 0.6 is 7.82 Å². The number of ether oxygens (including phenoxy) is 2. The summed E-state index contributed by atoms with van der Waals surface area (Å²) >= 11 is 0. The van der Waals surface area contributed by atoms with Gasteiger partial charge in [0.1, 0.15) is 19.8 Å². The van der Waals surface area contributed by atoms with Gasteiger partial charge in [0.05, 0.1) is 27.7 Å². The molecule has 0 amide bonds. The van der Waals surface area contributed by atoms with Gasteiger partial charge in [0.2, 0.25) is 0 Å². The topological polar surface area (TPSA) is 108 Å². The molecule has 0 spiro atoms. The van der Waals surface area contributed by atoms with Crippen LogP contribution in [-0.2, 0) is 32.7 Å². The van der Waals surface area contributed by atoms with Crippen molar-refractivity contribution in [3.05, 3.63) is 146 Å². The maximum Gasteiger partial charge on any atom is 0.472 e. The summed E-state index contributed by atoms with van der Waals surface area (Å²) in [6.07, 6.45) is 105. The minimum Gasteiger partial charge on any atom is -0.462 e. The molecule has 526 valence electrons. The average molecular weight is 1300 g/mol. The van der Waals surface area contributed by atoms with E-state index in [9.17, 15) is 19.0 Å². The zero-order valence-electron chi connectivity index (χ0n) is 60.0. The third-order valence-electron chi connectivity index (χ3n) is 15.9. The van der Waals surface area contributed by atoms with Gasteiger partial charge in [-0.25, -0.2) is 4.57 Å². The first-order chi connectivity index (χ1) is 45.0. The summed E-state index contributed by atoms with van der Waals surface area (Å²) in [5, 5.41) is 0. The smallest absolute Gasteiger partial charge is 0.462 e. The average Bonchev–Trinajstić information content (AvgIpc) is 2.14. The predicted octanol–water partition coefficient (Wildman–Crippen LogP) is 24.9. The second-order valence-electron chi connectivity index (χ2n) is 25.9. The van der Waals surface area contributed by atoms with E-state index in [-0.39, 0.29) is 32.0 Å². The third kappa shape index (κ3) is 74.9. The number of allylic oxidation sites excluding steroid dienone is 24. The summed E-state index contributed by atoms with van der Waals surface area (Å²) in [6.45, 7) is 4.21. The van der Waals surface area contributed by atoms with E-state index in [1.54, 1.807) is 0 Å². The standard InChI is InChI=1S/C82H140NO8P/c1-6-8-10-12-14-16-18-20-22-24-26-28-30-32-34-36-38-39-40-41-42-43-45-46-48-50-52-54-56-58-60-62-64-66-68-70-72-74-81(84)88-78-80(79-90-92(86,87)89-77-76-83(3,4)5)91-82(85)75-73-71-69-67-65-63-61-59-57-55-53-51-49-47-44-37-35-33-31-29-27-25-23-21-19-17-15-13-11-9-7-2/h8-11,14-17,20-23,26-29,33,35,44,47,51,53,57,59,80H,6-7,12-13,18-19,24-25,30-32,34,36-43,45-46,48-50,52,54-56,58,60-79H2,1-5H3/p+1/b10-8-,11-9-,16-14-,17-15-,22-20-,23-21-,28-26-,29-27-,35-33-,47-44-,53-51-,59-57-. The van der Waals surface area contributed by atoms with Crippen molar-refractivity contribution in [3.8, 4) is 0 Å². The number of quaternary nitrogens is 1. The number of unbranched alkanes of at least 4 members (excludes halogenated alkanes) is 30. The van der Waals surface area contributed by atoms with E-state index in [4.69, 9.17) is 18.5 Å². The van der Waals surface area contributed by atoms with Crippen LogP contribution in [0, 0.1) is 0 Å². The number of phosphoric ester groups is 1. The summed E-state index contributed by atoms with van der Waals surface area (Å²) < 4.78 is 34.8. The van der Waals surface area contributed by atoms with E-state index in [1.165, 1.54) is 141 Å². The number of carbonyl (C=O) groups is 2. The molecule has 0 aromatic heterocycles. The zero-order valence-corrected chi connectivity index (χ0v) is 60.9. The molecule has 0 saturated heterocycles. The van der Waals surface area contributed by atoms with Gasteiger partial charge in [-0.05, 0) is 116 Å². The Balaban J connectivity index is 4.03. The van der Waals surface area contributed by atoms with E-state index in [1.807, 2.05) is 21.1 Å². The van der Waals surface area contributed by atoms with Crippen molar-refractivity contribution in [3.63, 3.8) is 0 Å². The molecule has 0 heterocycles. The molecule has 0 saturated carbocycles. The van der Waals surface area contributed by atoms with Crippen molar-refractivity contribution >= 4 is 19.8 Å². The summed E-state index contributed by atoms with van der Waals surface area (Å²) in [7, 11) is 1.46. The number of phosphoric acid groups is 1. The van der Waals surface area contributed by atoms with Crippen molar-refractivity contribution in [2.45, 2.75) is 315 Å². The third-order valence-corrected chi connectivity index (χ3v) is 16.8. The highest BCUT2D eigenvalue weighted by molar-refractivity contribution is 7.47. The first kappa shape index (κ1) is 87.9. The fourth-order valence-corrected chi connectivity index (χ4v) is 10.9. The van der Waals surface area contributed by atoms with Crippen molar-refractivity contribution in [2.24, 2.45) is 0 Å². The monoisotopic (exact) mass is 1300 g/mol. The van der Waals surface area contributed by atoms with Crippen LogP contribution in [0.4, 0.5) is 0 Å². The zero-order chi connectivity index (χ0) is 66.9. The second kappa shape index (κ2) is 71.2. The van der Waals surface area contributed by atoms with Crippen molar-refractivity contribution < 1.29 is 42.1 Å². The van der Waals surface area contributed by atoms with Gasteiger partial charge in [-0.2, -0.15) is 0 Å². The van der Waals surface area contributed by atoms with Gasteiger partial charge in [0.25, 0.3) is 0 Å². The quantitative estimate of drug-likeness (QED) is 0.0211. The maximum absolute atomic E-state index is 12.9. The van der Waals surface area contributed by atoms with Crippen molar-refractivity contribution in [1.82, 2.24) is 0 Å². The van der Waals surface area contributed by atoms with Gasteiger partial charge in [-0.15, -0.1) is 0 Å². The number of nitrogens with zero attached hydrogens (tertiary/aromatic N) is 1. The number of likely N-dealkylation sites (N-methyl/N-ethyl adjacent to an activating group) is 1. The molecule has 0 bridgehead atoms. The molecular weight excluding hydrogens is 1160 g/mol. The van der Waals surface area contributed by atoms with Gasteiger partial charge in [-0.1, -0.05) is 327 Å². The van der Waals surface area contributed by atoms with E-state index in [2.05, 4.69) is 160 Å². The lowest BCUT2D eigenvalue weighted by molar-refractivity contribution is -0.870. The van der Waals surface area contributed by atoms with Crippen LogP contribution < -0.4 is 0 Å². The molecule has 0 aliphatic rings. The fourth-order valence-electron chi connectivity index (χ4n) is 10.2. The van der Waals surface area contributed by atoms with Crippen LogP contribution in [0.15, 0.2) is 146 Å². The number of carbonyl (C=O) groups excluding carboxylic acids is 2.